The van der Waals surface area contributed by atoms with E-state index in [2.05, 4.69) is 34.2 Å². The van der Waals surface area contributed by atoms with Crippen LogP contribution < -0.4 is 0 Å². The maximum Gasteiger partial charge on any atom is 0.0838 e. The summed E-state index contributed by atoms with van der Waals surface area (Å²) in [6, 6.07) is 1.16. The molecule has 0 aromatic heterocycles. The Morgan fingerprint density at radius 1 is 1.23 bits per heavy atom. The third-order valence-corrected chi connectivity index (χ3v) is 3.03. The number of hydrogen-bond acceptors (Lipinski definition) is 4. The van der Waals surface area contributed by atoms with Gasteiger partial charge in [-0.25, -0.2) is 0 Å². The van der Waals surface area contributed by atoms with E-state index in [1.807, 2.05) is 0 Å². The van der Waals surface area contributed by atoms with Gasteiger partial charge in [-0.05, 0) is 39.9 Å². The van der Waals surface area contributed by atoms with Gasteiger partial charge < -0.3 is 4.90 Å². The molecule has 4 heteroatoms. The van der Waals surface area contributed by atoms with Gasteiger partial charge in [0.25, 0.3) is 0 Å². The Balaban J connectivity index is 1.90. The summed E-state index contributed by atoms with van der Waals surface area (Å²) in [5.41, 5.74) is 0. The highest BCUT2D eigenvalue weighted by Crippen LogP contribution is 2.21. The van der Waals surface area contributed by atoms with Crippen molar-refractivity contribution < 1.29 is 0 Å². The minimum absolute atomic E-state index is 0.522. The van der Waals surface area contributed by atoms with Crippen LogP contribution in [0.4, 0.5) is 0 Å². The largest absolute Gasteiger partial charge is 0.306 e. The van der Waals surface area contributed by atoms with Crippen molar-refractivity contribution in [1.82, 2.24) is 9.91 Å². The highest BCUT2D eigenvalue weighted by Gasteiger charge is 2.28. The first-order valence-corrected chi connectivity index (χ1v) is 5.11. The van der Waals surface area contributed by atoms with Crippen LogP contribution in [0.1, 0.15) is 19.8 Å². The number of hydrogen-bond donors (Lipinski definition) is 0. The van der Waals surface area contributed by atoms with Crippen LogP contribution in [0.5, 0.6) is 0 Å². The summed E-state index contributed by atoms with van der Waals surface area (Å²) in [4.78, 5) is 2.38. The van der Waals surface area contributed by atoms with E-state index in [4.69, 9.17) is 0 Å². The summed E-state index contributed by atoms with van der Waals surface area (Å²) < 4.78 is 0. The Bertz CT molecular complexity index is 196. The fourth-order valence-corrected chi connectivity index (χ4v) is 2.09. The lowest BCUT2D eigenvalue weighted by atomic mass is 10.0. The van der Waals surface area contributed by atoms with E-state index in [1.54, 1.807) is 0 Å². The fraction of sp³-hybridized carbons (Fsp3) is 1.00. The highest BCUT2D eigenvalue weighted by atomic mass is 15.6. The summed E-state index contributed by atoms with van der Waals surface area (Å²) in [6.07, 6.45) is 2.47. The predicted octanol–water partition coefficient (Wildman–Crippen LogP) is 1.15. The van der Waals surface area contributed by atoms with E-state index in [-0.39, 0.29) is 0 Å². The molecule has 1 fully saturated rings. The van der Waals surface area contributed by atoms with Crippen molar-refractivity contribution in [3.63, 3.8) is 0 Å². The fourth-order valence-electron chi connectivity index (χ4n) is 2.09. The summed E-state index contributed by atoms with van der Waals surface area (Å²) >= 11 is 0. The molecule has 2 aliphatic rings. The van der Waals surface area contributed by atoms with Gasteiger partial charge in [0.1, 0.15) is 0 Å². The average Bonchev–Trinajstić information content (AvgIpc) is 2.53. The molecular weight excluding hydrogens is 164 g/mol. The molecule has 2 rings (SSSR count). The van der Waals surface area contributed by atoms with Crippen molar-refractivity contribution in [3.05, 3.63) is 0 Å². The van der Waals surface area contributed by atoms with Gasteiger partial charge in [-0.2, -0.15) is 5.11 Å². The van der Waals surface area contributed by atoms with Crippen LogP contribution in [0, 0.1) is 0 Å². The lowest BCUT2D eigenvalue weighted by Gasteiger charge is -2.35. The van der Waals surface area contributed by atoms with Crippen molar-refractivity contribution in [3.8, 4) is 0 Å². The van der Waals surface area contributed by atoms with Crippen LogP contribution in [-0.2, 0) is 0 Å². The average molecular weight is 182 g/mol. The molecule has 0 radical (unpaired) electrons. The molecule has 0 N–H and O–H groups in total. The molecule has 0 spiro atoms. The lowest BCUT2D eigenvalue weighted by molar-refractivity contribution is 0.107. The Morgan fingerprint density at radius 3 is 2.46 bits per heavy atom. The smallest absolute Gasteiger partial charge is 0.0838 e. The standard InChI is InChI=1S/C9H18N4/c1-8-7-10-11-13(8)9-3-5-12(2)6-4-9/h8-9H,3-7H2,1-2H3. The minimum atomic E-state index is 0.522. The van der Waals surface area contributed by atoms with Crippen LogP contribution in [0.3, 0.4) is 0 Å². The quantitative estimate of drug-likeness (QED) is 0.609. The van der Waals surface area contributed by atoms with E-state index in [1.165, 1.54) is 25.9 Å². The van der Waals surface area contributed by atoms with Gasteiger partial charge >= 0.3 is 0 Å². The third kappa shape index (κ3) is 1.82. The van der Waals surface area contributed by atoms with E-state index >= 15 is 0 Å². The second-order valence-electron chi connectivity index (χ2n) is 4.18. The van der Waals surface area contributed by atoms with E-state index < -0.39 is 0 Å². The molecule has 0 amide bonds. The number of likely N-dealkylation sites (tertiary alicyclic amines) is 1. The van der Waals surface area contributed by atoms with Crippen molar-refractivity contribution in [2.24, 2.45) is 10.3 Å². The Hall–Kier alpha value is -0.640. The zero-order valence-corrected chi connectivity index (χ0v) is 8.48. The van der Waals surface area contributed by atoms with Crippen LogP contribution in [-0.4, -0.2) is 48.7 Å². The molecule has 1 atom stereocenters. The molecule has 2 aliphatic heterocycles. The Morgan fingerprint density at radius 2 is 1.92 bits per heavy atom. The Kier molecular flexibility index (Phi) is 2.49. The summed E-state index contributed by atoms with van der Waals surface area (Å²) in [6.45, 7) is 5.48. The van der Waals surface area contributed by atoms with E-state index in [0.29, 0.717) is 12.1 Å². The normalized spacial score (nSPS) is 31.5. The molecule has 2 heterocycles. The van der Waals surface area contributed by atoms with Gasteiger partial charge in [0, 0.05) is 0 Å². The van der Waals surface area contributed by atoms with Crippen molar-refractivity contribution in [1.29, 1.82) is 0 Å². The van der Waals surface area contributed by atoms with Crippen molar-refractivity contribution >= 4 is 0 Å². The van der Waals surface area contributed by atoms with Crippen molar-refractivity contribution in [2.45, 2.75) is 31.8 Å². The van der Waals surface area contributed by atoms with Gasteiger partial charge in [0.2, 0.25) is 0 Å². The number of nitrogens with zero attached hydrogens (tertiary/aromatic N) is 4. The van der Waals surface area contributed by atoms with Crippen LogP contribution in [0.25, 0.3) is 0 Å². The molecule has 0 aliphatic carbocycles. The molecular formula is C9H18N4. The third-order valence-electron chi connectivity index (χ3n) is 3.03. The zero-order valence-electron chi connectivity index (χ0n) is 8.48. The molecule has 0 aromatic rings. The van der Waals surface area contributed by atoms with Gasteiger partial charge in [-0.15, -0.1) is 0 Å². The Labute approximate surface area is 79.6 Å². The summed E-state index contributed by atoms with van der Waals surface area (Å²) in [5.74, 6) is 0. The second-order valence-corrected chi connectivity index (χ2v) is 4.18. The first-order valence-electron chi connectivity index (χ1n) is 5.11. The lowest BCUT2D eigenvalue weighted by Crippen LogP contribution is -2.43. The van der Waals surface area contributed by atoms with Gasteiger partial charge in [0.05, 0.1) is 18.6 Å². The summed E-state index contributed by atoms with van der Waals surface area (Å²) in [7, 11) is 2.19. The maximum absolute atomic E-state index is 4.21. The molecule has 4 nitrogen and oxygen atoms in total. The van der Waals surface area contributed by atoms with Gasteiger partial charge in [0.15, 0.2) is 0 Å². The van der Waals surface area contributed by atoms with Gasteiger partial charge in [-0.3, -0.25) is 5.01 Å². The summed E-state index contributed by atoms with van der Waals surface area (Å²) in [5, 5.41) is 10.5. The monoisotopic (exact) mass is 182 g/mol. The van der Waals surface area contributed by atoms with Crippen LogP contribution in [0.2, 0.25) is 0 Å². The topological polar surface area (TPSA) is 31.2 Å². The minimum Gasteiger partial charge on any atom is -0.306 e. The van der Waals surface area contributed by atoms with Crippen molar-refractivity contribution in [2.75, 3.05) is 26.7 Å². The SMILES string of the molecule is CC1CN=NN1C1CCN(C)CC1. The first kappa shape index (κ1) is 8.94. The molecule has 0 bridgehead atoms. The highest BCUT2D eigenvalue weighted by molar-refractivity contribution is 4.82. The molecule has 1 unspecified atom stereocenters. The number of rotatable bonds is 1. The number of piperidine rings is 1. The predicted molar refractivity (Wildman–Crippen MR) is 51.5 cm³/mol. The molecule has 0 saturated carbocycles. The second kappa shape index (κ2) is 3.62. The van der Waals surface area contributed by atoms with Crippen LogP contribution in [0.15, 0.2) is 10.3 Å². The zero-order chi connectivity index (χ0) is 9.26. The van der Waals surface area contributed by atoms with Gasteiger partial charge in [-0.1, -0.05) is 5.22 Å². The molecule has 74 valence electrons. The maximum atomic E-state index is 4.21. The van der Waals surface area contributed by atoms with E-state index in [9.17, 15) is 0 Å². The van der Waals surface area contributed by atoms with E-state index in [0.717, 1.165) is 6.54 Å². The van der Waals surface area contributed by atoms with Crippen LogP contribution >= 0.6 is 0 Å². The first-order chi connectivity index (χ1) is 6.27. The molecule has 1 saturated heterocycles. The molecule has 0 aromatic carbocycles. The molecule has 13 heavy (non-hydrogen) atoms.